The van der Waals surface area contributed by atoms with E-state index in [0.29, 0.717) is 11.8 Å². The van der Waals surface area contributed by atoms with Crippen LogP contribution >= 0.6 is 19.6 Å². The minimum atomic E-state index is -3.80. The standard InChI is InChI=1S/C15H25N2O9PS/c1-4-24-27(23)25-9-15(2,3)11(26-27)12(19)17-6-5-10(18)16-7-8-28-14(22)13(20)21/h11H,4-9H2,1-3H3,(H,16,18)(H,17,19)(H,20,21)/t11-,27?/m0/s1. The lowest BCUT2D eigenvalue weighted by molar-refractivity contribution is -0.144. The van der Waals surface area contributed by atoms with Crippen molar-refractivity contribution in [3.05, 3.63) is 0 Å². The molecule has 1 unspecified atom stereocenters. The van der Waals surface area contributed by atoms with E-state index in [2.05, 4.69) is 10.6 Å². The van der Waals surface area contributed by atoms with Crippen molar-refractivity contribution in [1.82, 2.24) is 10.6 Å². The Bertz CT molecular complexity index is 655. The molecule has 2 amide bonds. The highest BCUT2D eigenvalue weighted by atomic mass is 32.2. The maximum absolute atomic E-state index is 12.4. The zero-order valence-electron chi connectivity index (χ0n) is 15.9. The van der Waals surface area contributed by atoms with Gasteiger partial charge in [-0.3, -0.25) is 28.0 Å². The SMILES string of the molecule is CCOP1(=O)OCC(C)(C)[C@H](C(=O)NCCC(=O)NCCSC(=O)C(=O)O)O1. The minimum absolute atomic E-state index is 0.00950. The second-order valence-electron chi connectivity index (χ2n) is 6.44. The van der Waals surface area contributed by atoms with E-state index in [-0.39, 0.29) is 44.4 Å². The van der Waals surface area contributed by atoms with Gasteiger partial charge in [0.1, 0.15) is 0 Å². The third kappa shape index (κ3) is 7.88. The average molecular weight is 440 g/mol. The van der Waals surface area contributed by atoms with E-state index in [1.54, 1.807) is 20.8 Å². The summed E-state index contributed by atoms with van der Waals surface area (Å²) in [5, 5.41) is 12.5. The maximum Gasteiger partial charge on any atom is 0.475 e. The summed E-state index contributed by atoms with van der Waals surface area (Å²) in [7, 11) is -3.80. The molecule has 11 nitrogen and oxygen atoms in total. The van der Waals surface area contributed by atoms with Crippen LogP contribution < -0.4 is 10.6 Å². The molecule has 1 rings (SSSR count). The van der Waals surface area contributed by atoms with Crippen LogP contribution in [0.1, 0.15) is 27.2 Å². The van der Waals surface area contributed by atoms with E-state index >= 15 is 0 Å². The van der Waals surface area contributed by atoms with Crippen LogP contribution in [-0.4, -0.2) is 66.2 Å². The molecular formula is C15H25N2O9PS. The van der Waals surface area contributed by atoms with Gasteiger partial charge in [0, 0.05) is 30.7 Å². The van der Waals surface area contributed by atoms with Crippen molar-refractivity contribution >= 4 is 42.5 Å². The Morgan fingerprint density at radius 3 is 2.54 bits per heavy atom. The molecule has 13 heteroatoms. The molecule has 1 aliphatic heterocycles. The summed E-state index contributed by atoms with van der Waals surface area (Å²) < 4.78 is 27.7. The van der Waals surface area contributed by atoms with Crippen LogP contribution in [0.4, 0.5) is 0 Å². The molecule has 0 spiro atoms. The highest BCUT2D eigenvalue weighted by Gasteiger charge is 2.48. The van der Waals surface area contributed by atoms with Crippen LogP contribution in [0.2, 0.25) is 0 Å². The monoisotopic (exact) mass is 440 g/mol. The van der Waals surface area contributed by atoms with Gasteiger partial charge < -0.3 is 15.7 Å². The summed E-state index contributed by atoms with van der Waals surface area (Å²) in [5.74, 6) is -2.33. The van der Waals surface area contributed by atoms with Crippen molar-refractivity contribution in [3.8, 4) is 0 Å². The number of hydrogen-bond acceptors (Lipinski definition) is 9. The fourth-order valence-corrected chi connectivity index (χ4v) is 4.28. The number of phosphoric ester groups is 1. The first kappa shape index (κ1) is 24.6. The summed E-state index contributed by atoms with van der Waals surface area (Å²) >= 11 is 0.588. The van der Waals surface area contributed by atoms with Crippen LogP contribution in [0.15, 0.2) is 0 Å². The van der Waals surface area contributed by atoms with Crippen LogP contribution in [0.5, 0.6) is 0 Å². The number of phosphoric acid groups is 1. The zero-order valence-corrected chi connectivity index (χ0v) is 17.6. The molecule has 3 N–H and O–H groups in total. The fraction of sp³-hybridized carbons (Fsp3) is 0.733. The second-order valence-corrected chi connectivity index (χ2v) is 9.13. The van der Waals surface area contributed by atoms with Gasteiger partial charge in [0.15, 0.2) is 6.10 Å². The summed E-state index contributed by atoms with van der Waals surface area (Å²) in [6.45, 7) is 5.30. The van der Waals surface area contributed by atoms with Crippen LogP contribution in [0, 0.1) is 5.41 Å². The quantitative estimate of drug-likeness (QED) is 0.262. The maximum atomic E-state index is 12.4. The highest BCUT2D eigenvalue weighted by molar-refractivity contribution is 8.15. The van der Waals surface area contributed by atoms with Crippen LogP contribution in [-0.2, 0) is 37.3 Å². The molecule has 0 aliphatic carbocycles. The van der Waals surface area contributed by atoms with E-state index < -0.39 is 36.3 Å². The lowest BCUT2D eigenvalue weighted by atomic mass is 9.87. The summed E-state index contributed by atoms with van der Waals surface area (Å²) in [6, 6.07) is 0. The number of hydrogen-bond donors (Lipinski definition) is 3. The van der Waals surface area contributed by atoms with Gasteiger partial charge in [-0.1, -0.05) is 25.6 Å². The van der Waals surface area contributed by atoms with Crippen LogP contribution in [0.25, 0.3) is 0 Å². The van der Waals surface area contributed by atoms with Crippen molar-refractivity contribution in [2.24, 2.45) is 5.41 Å². The molecule has 160 valence electrons. The molecule has 1 aliphatic rings. The molecule has 0 aromatic carbocycles. The van der Waals surface area contributed by atoms with Crippen molar-refractivity contribution in [1.29, 1.82) is 0 Å². The molecule has 0 aromatic heterocycles. The predicted octanol–water partition coefficient (Wildman–Crippen LogP) is 0.540. The van der Waals surface area contributed by atoms with Gasteiger partial charge in [-0.05, 0) is 6.92 Å². The Morgan fingerprint density at radius 2 is 1.93 bits per heavy atom. The van der Waals surface area contributed by atoms with Gasteiger partial charge >= 0.3 is 13.8 Å². The first-order valence-electron chi connectivity index (χ1n) is 8.52. The van der Waals surface area contributed by atoms with Gasteiger partial charge in [-0.15, -0.1) is 0 Å². The lowest BCUT2D eigenvalue weighted by Crippen LogP contribution is -2.50. The summed E-state index contributed by atoms with van der Waals surface area (Å²) in [4.78, 5) is 45.3. The number of rotatable bonds is 9. The molecule has 1 heterocycles. The fourth-order valence-electron chi connectivity index (χ4n) is 2.13. The molecule has 28 heavy (non-hydrogen) atoms. The van der Waals surface area contributed by atoms with Crippen molar-refractivity contribution < 1.29 is 42.4 Å². The van der Waals surface area contributed by atoms with Crippen molar-refractivity contribution in [2.45, 2.75) is 33.3 Å². The Hall–Kier alpha value is -1.46. The van der Waals surface area contributed by atoms with Gasteiger partial charge in [-0.2, -0.15) is 0 Å². The molecule has 2 atom stereocenters. The van der Waals surface area contributed by atoms with Gasteiger partial charge in [0.25, 0.3) is 5.12 Å². The third-order valence-corrected chi connectivity index (χ3v) is 5.88. The van der Waals surface area contributed by atoms with E-state index in [4.69, 9.17) is 18.7 Å². The number of carboxylic acids is 1. The largest absolute Gasteiger partial charge is 0.475 e. The predicted molar refractivity (Wildman–Crippen MR) is 99.6 cm³/mol. The smallest absolute Gasteiger partial charge is 0.475 e. The first-order valence-corrected chi connectivity index (χ1v) is 11.0. The number of carbonyl (C=O) groups excluding carboxylic acids is 3. The molecule has 0 aromatic rings. The van der Waals surface area contributed by atoms with E-state index in [9.17, 15) is 23.7 Å². The number of thioether (sulfide) groups is 1. The second kappa shape index (κ2) is 10.9. The molecule has 0 saturated carbocycles. The van der Waals surface area contributed by atoms with E-state index in [1.807, 2.05) is 0 Å². The van der Waals surface area contributed by atoms with Gasteiger partial charge in [-0.25, -0.2) is 9.36 Å². The van der Waals surface area contributed by atoms with Gasteiger partial charge in [0.05, 0.1) is 13.2 Å². The summed E-state index contributed by atoms with van der Waals surface area (Å²) in [5.41, 5.74) is -0.745. The first-order chi connectivity index (χ1) is 13.0. The molecule has 1 fully saturated rings. The number of aliphatic carboxylic acids is 1. The number of carbonyl (C=O) groups is 4. The van der Waals surface area contributed by atoms with E-state index in [0.717, 1.165) is 0 Å². The Morgan fingerprint density at radius 1 is 1.25 bits per heavy atom. The molecule has 1 saturated heterocycles. The highest BCUT2D eigenvalue weighted by Crippen LogP contribution is 2.56. The van der Waals surface area contributed by atoms with Gasteiger partial charge in [0.2, 0.25) is 11.8 Å². The van der Waals surface area contributed by atoms with Crippen molar-refractivity contribution in [2.75, 3.05) is 32.1 Å². The average Bonchev–Trinajstić information content (AvgIpc) is 2.61. The molecule has 0 bridgehead atoms. The van der Waals surface area contributed by atoms with Crippen molar-refractivity contribution in [3.63, 3.8) is 0 Å². The Kier molecular flexibility index (Phi) is 9.58. The Balaban J connectivity index is 2.38. The van der Waals surface area contributed by atoms with Crippen LogP contribution in [0.3, 0.4) is 0 Å². The topological polar surface area (TPSA) is 157 Å². The number of nitrogens with one attached hydrogen (secondary N) is 2. The minimum Gasteiger partial charge on any atom is -0.475 e. The zero-order chi connectivity index (χ0) is 21.4. The normalized spacial score (nSPS) is 23.6. The summed E-state index contributed by atoms with van der Waals surface area (Å²) in [6.07, 6.45) is -1.10. The number of amides is 2. The lowest BCUT2D eigenvalue weighted by Gasteiger charge is -2.39. The molecular weight excluding hydrogens is 415 g/mol. The Labute approximate surface area is 166 Å². The molecule has 0 radical (unpaired) electrons. The van der Waals surface area contributed by atoms with E-state index in [1.165, 1.54) is 0 Å². The third-order valence-electron chi connectivity index (χ3n) is 3.55. The number of carboxylic acid groups (broad SMARTS) is 1.